The highest BCUT2D eigenvalue weighted by Crippen LogP contribution is 2.13. The molecule has 0 radical (unpaired) electrons. The molecule has 3 aromatic rings. The van der Waals surface area contributed by atoms with E-state index in [0.29, 0.717) is 11.3 Å². The van der Waals surface area contributed by atoms with Crippen LogP contribution in [0.15, 0.2) is 83.1 Å². The van der Waals surface area contributed by atoms with Crippen molar-refractivity contribution in [1.29, 1.82) is 0 Å². The smallest absolute Gasteiger partial charge is 0.286 e. The number of amides is 3. The van der Waals surface area contributed by atoms with E-state index in [1.54, 1.807) is 42.5 Å². The summed E-state index contributed by atoms with van der Waals surface area (Å²) in [6, 6.07) is 16.4. The Labute approximate surface area is 175 Å². The van der Waals surface area contributed by atoms with E-state index < -0.39 is 22.6 Å². The Hall–Kier alpha value is -4.73. The quantitative estimate of drug-likeness (QED) is 0.317. The molecule has 3 amide bonds. The van der Waals surface area contributed by atoms with Gasteiger partial charge in [0.1, 0.15) is 11.5 Å². The van der Waals surface area contributed by atoms with Crippen molar-refractivity contribution in [2.24, 2.45) is 0 Å². The lowest BCUT2D eigenvalue weighted by atomic mass is 10.2. The van der Waals surface area contributed by atoms with Crippen molar-refractivity contribution in [3.63, 3.8) is 0 Å². The number of benzene rings is 2. The second kappa shape index (κ2) is 9.65. The molecule has 0 saturated heterocycles. The molecule has 0 saturated carbocycles. The SMILES string of the molecule is O=C(NNC(=O)c1cccc([N+](=O)[O-])c1)/C(=C\c1ccco1)NC(=O)c1ccccc1. The van der Waals surface area contributed by atoms with E-state index in [-0.39, 0.29) is 16.9 Å². The second-order valence-corrected chi connectivity index (χ2v) is 6.11. The fourth-order valence-electron chi connectivity index (χ4n) is 2.47. The average Bonchev–Trinajstić information content (AvgIpc) is 3.30. The first-order valence-corrected chi connectivity index (χ1v) is 8.91. The molecule has 0 unspecified atom stereocenters. The van der Waals surface area contributed by atoms with Gasteiger partial charge in [-0.25, -0.2) is 0 Å². The van der Waals surface area contributed by atoms with Gasteiger partial charge in [-0.15, -0.1) is 0 Å². The molecule has 1 heterocycles. The summed E-state index contributed by atoms with van der Waals surface area (Å²) < 4.78 is 5.17. The number of hydrogen-bond acceptors (Lipinski definition) is 6. The van der Waals surface area contributed by atoms with E-state index in [1.807, 2.05) is 0 Å². The maximum atomic E-state index is 12.6. The summed E-state index contributed by atoms with van der Waals surface area (Å²) in [6.07, 6.45) is 2.68. The minimum Gasteiger partial charge on any atom is -0.465 e. The van der Waals surface area contributed by atoms with E-state index in [1.165, 1.54) is 30.5 Å². The lowest BCUT2D eigenvalue weighted by Crippen LogP contribution is -2.45. The van der Waals surface area contributed by atoms with Crippen LogP contribution in [0.2, 0.25) is 0 Å². The molecule has 3 rings (SSSR count). The molecule has 2 aromatic carbocycles. The third-order valence-electron chi connectivity index (χ3n) is 3.97. The monoisotopic (exact) mass is 420 g/mol. The second-order valence-electron chi connectivity index (χ2n) is 6.11. The van der Waals surface area contributed by atoms with Gasteiger partial charge in [0.15, 0.2) is 0 Å². The van der Waals surface area contributed by atoms with Crippen LogP contribution in [0, 0.1) is 10.1 Å². The van der Waals surface area contributed by atoms with E-state index in [4.69, 9.17) is 4.42 Å². The third-order valence-corrected chi connectivity index (χ3v) is 3.97. The van der Waals surface area contributed by atoms with Crippen LogP contribution in [0.4, 0.5) is 5.69 Å². The van der Waals surface area contributed by atoms with Crippen molar-refractivity contribution in [3.05, 3.63) is 106 Å². The Morgan fingerprint density at radius 3 is 2.29 bits per heavy atom. The topological polar surface area (TPSA) is 144 Å². The molecule has 31 heavy (non-hydrogen) atoms. The van der Waals surface area contributed by atoms with E-state index in [9.17, 15) is 24.5 Å². The predicted molar refractivity (Wildman–Crippen MR) is 109 cm³/mol. The van der Waals surface area contributed by atoms with Gasteiger partial charge in [0.05, 0.1) is 11.2 Å². The highest BCUT2D eigenvalue weighted by Gasteiger charge is 2.17. The van der Waals surface area contributed by atoms with Crippen LogP contribution >= 0.6 is 0 Å². The first-order chi connectivity index (χ1) is 14.9. The minimum absolute atomic E-state index is 0.0283. The fourth-order valence-corrected chi connectivity index (χ4v) is 2.47. The number of carbonyl (C=O) groups is 3. The Kier molecular flexibility index (Phi) is 6.54. The van der Waals surface area contributed by atoms with Crippen molar-refractivity contribution >= 4 is 29.5 Å². The molecular formula is C21H16N4O6. The van der Waals surface area contributed by atoms with Gasteiger partial charge in [-0.3, -0.25) is 35.3 Å². The number of hydrazine groups is 1. The number of non-ortho nitro benzene ring substituents is 1. The van der Waals surface area contributed by atoms with Crippen LogP contribution in [-0.2, 0) is 4.79 Å². The number of carbonyl (C=O) groups excluding carboxylic acids is 3. The first kappa shape index (κ1) is 21.0. The molecule has 156 valence electrons. The van der Waals surface area contributed by atoms with Crippen molar-refractivity contribution in [2.45, 2.75) is 0 Å². The Morgan fingerprint density at radius 2 is 1.61 bits per heavy atom. The molecule has 0 aliphatic rings. The van der Waals surface area contributed by atoms with Gasteiger partial charge in [-0.05, 0) is 30.3 Å². The summed E-state index contributed by atoms with van der Waals surface area (Å²) in [7, 11) is 0. The van der Waals surface area contributed by atoms with E-state index >= 15 is 0 Å². The number of nitrogens with zero attached hydrogens (tertiary/aromatic N) is 1. The molecule has 3 N–H and O–H groups in total. The van der Waals surface area contributed by atoms with Gasteiger partial charge in [0, 0.05) is 29.3 Å². The number of rotatable bonds is 6. The Morgan fingerprint density at radius 1 is 0.871 bits per heavy atom. The van der Waals surface area contributed by atoms with Crippen molar-refractivity contribution in [2.75, 3.05) is 0 Å². The highest BCUT2D eigenvalue weighted by molar-refractivity contribution is 6.06. The molecule has 0 bridgehead atoms. The molecule has 1 aromatic heterocycles. The zero-order valence-electron chi connectivity index (χ0n) is 15.9. The van der Waals surface area contributed by atoms with Gasteiger partial charge < -0.3 is 9.73 Å². The van der Waals surface area contributed by atoms with E-state index in [0.717, 1.165) is 6.07 Å². The molecule has 0 aliphatic heterocycles. The Bertz CT molecular complexity index is 1140. The normalized spacial score (nSPS) is 10.8. The zero-order valence-corrected chi connectivity index (χ0v) is 15.9. The number of nitro groups is 1. The summed E-state index contributed by atoms with van der Waals surface area (Å²) in [5.74, 6) is -1.86. The molecule has 0 fully saturated rings. The molecule has 0 aliphatic carbocycles. The van der Waals surface area contributed by atoms with Crippen molar-refractivity contribution < 1.29 is 23.7 Å². The fraction of sp³-hybridized carbons (Fsp3) is 0. The van der Waals surface area contributed by atoms with Crippen LogP contribution < -0.4 is 16.2 Å². The summed E-state index contributed by atoms with van der Waals surface area (Å²) in [5, 5.41) is 13.3. The van der Waals surface area contributed by atoms with Gasteiger partial charge in [0.25, 0.3) is 23.4 Å². The minimum atomic E-state index is -0.834. The number of nitrogens with one attached hydrogen (secondary N) is 3. The zero-order chi connectivity index (χ0) is 22.2. The van der Waals surface area contributed by atoms with Crippen LogP contribution in [-0.4, -0.2) is 22.6 Å². The summed E-state index contributed by atoms with van der Waals surface area (Å²) in [4.78, 5) is 47.5. The van der Waals surface area contributed by atoms with Crippen LogP contribution in [0.5, 0.6) is 0 Å². The molecule has 0 atom stereocenters. The maximum absolute atomic E-state index is 12.6. The van der Waals surface area contributed by atoms with Crippen LogP contribution in [0.25, 0.3) is 6.08 Å². The third kappa shape index (κ3) is 5.64. The van der Waals surface area contributed by atoms with Crippen molar-refractivity contribution in [3.8, 4) is 0 Å². The maximum Gasteiger partial charge on any atom is 0.286 e. The highest BCUT2D eigenvalue weighted by atomic mass is 16.6. The number of hydrogen-bond donors (Lipinski definition) is 3. The molecule has 10 nitrogen and oxygen atoms in total. The molecule has 0 spiro atoms. The summed E-state index contributed by atoms with van der Waals surface area (Å²) >= 11 is 0. The molecular weight excluding hydrogens is 404 g/mol. The summed E-state index contributed by atoms with van der Waals surface area (Å²) in [6.45, 7) is 0. The number of nitro benzene ring substituents is 1. The lowest BCUT2D eigenvalue weighted by Gasteiger charge is -2.11. The molecule has 10 heteroatoms. The standard InChI is InChI=1S/C21H16N4O6/c26-19(14-6-2-1-3-7-14)22-18(13-17-10-5-11-31-17)21(28)24-23-20(27)15-8-4-9-16(12-15)25(29)30/h1-13H,(H,22,26)(H,23,27)(H,24,28)/b18-13+. The van der Waals surface area contributed by atoms with E-state index in [2.05, 4.69) is 16.2 Å². The van der Waals surface area contributed by atoms with Gasteiger partial charge in [-0.2, -0.15) is 0 Å². The van der Waals surface area contributed by atoms with Crippen molar-refractivity contribution in [1.82, 2.24) is 16.2 Å². The van der Waals surface area contributed by atoms with Crippen LogP contribution in [0.1, 0.15) is 26.5 Å². The average molecular weight is 420 g/mol. The van der Waals surface area contributed by atoms with Gasteiger partial charge in [0.2, 0.25) is 0 Å². The predicted octanol–water partition coefficient (Wildman–Crippen LogP) is 2.42. The van der Waals surface area contributed by atoms with Gasteiger partial charge >= 0.3 is 0 Å². The van der Waals surface area contributed by atoms with Crippen LogP contribution in [0.3, 0.4) is 0 Å². The lowest BCUT2D eigenvalue weighted by molar-refractivity contribution is -0.384. The number of furan rings is 1. The van der Waals surface area contributed by atoms with Gasteiger partial charge in [-0.1, -0.05) is 24.3 Å². The first-order valence-electron chi connectivity index (χ1n) is 8.91. The largest absolute Gasteiger partial charge is 0.465 e. The Balaban J connectivity index is 1.73. The summed E-state index contributed by atoms with van der Waals surface area (Å²) in [5.41, 5.74) is 4.15.